The van der Waals surface area contributed by atoms with Gasteiger partial charge < -0.3 is 24.4 Å². The summed E-state index contributed by atoms with van der Waals surface area (Å²) in [4.78, 5) is 17.1. The molecule has 0 spiro atoms. The number of carboxylic acid groups (broad SMARTS) is 1. The maximum absolute atomic E-state index is 11.4. The Kier molecular flexibility index (Phi) is 9.95. The Labute approximate surface area is 212 Å². The predicted octanol–water partition coefficient (Wildman–Crippen LogP) is 5.29. The van der Waals surface area contributed by atoms with Crippen LogP contribution in [0.5, 0.6) is 11.5 Å². The molecule has 1 heterocycles. The van der Waals surface area contributed by atoms with Gasteiger partial charge in [-0.15, -0.1) is 11.3 Å². The molecule has 0 saturated heterocycles. The van der Waals surface area contributed by atoms with E-state index in [1.54, 1.807) is 25.6 Å². The molecule has 0 radical (unpaired) electrons. The Balaban J connectivity index is 1.83. The van der Waals surface area contributed by atoms with Gasteiger partial charge in [0, 0.05) is 23.3 Å². The topological polar surface area (TPSA) is 98.1 Å². The molecule has 0 unspecified atom stereocenters. The number of ether oxygens (including phenoxy) is 3. The highest BCUT2D eigenvalue weighted by Gasteiger charge is 2.26. The van der Waals surface area contributed by atoms with Gasteiger partial charge in [0.1, 0.15) is 11.5 Å². The molecule has 2 aromatic rings. The molecule has 1 aromatic heterocycles. The molecule has 1 fully saturated rings. The summed E-state index contributed by atoms with van der Waals surface area (Å²) < 4.78 is 17.5. The molecule has 0 aliphatic heterocycles. The number of aliphatic hydroxyl groups is 1. The van der Waals surface area contributed by atoms with Crippen molar-refractivity contribution in [3.8, 4) is 11.5 Å². The lowest BCUT2D eigenvalue weighted by Gasteiger charge is -2.25. The van der Waals surface area contributed by atoms with E-state index >= 15 is 0 Å². The largest absolute Gasteiger partial charge is 0.496 e. The number of benzene rings is 1. The van der Waals surface area contributed by atoms with Crippen molar-refractivity contribution < 1.29 is 29.2 Å². The zero-order chi connectivity index (χ0) is 25.5. The number of hydrogen-bond acceptors (Lipinski definition) is 7. The van der Waals surface area contributed by atoms with Gasteiger partial charge in [-0.25, -0.2) is 4.98 Å². The fourth-order valence-corrected chi connectivity index (χ4v) is 6.06. The summed E-state index contributed by atoms with van der Waals surface area (Å²) in [6, 6.07) is 3.70. The van der Waals surface area contributed by atoms with Crippen LogP contribution in [0.1, 0.15) is 78.8 Å². The number of rotatable bonds is 13. The van der Waals surface area contributed by atoms with E-state index in [0.29, 0.717) is 36.0 Å². The standard InChI is InChI=1S/C27H39NO6S/c1-16(2)10-25-21(15-27(30)31)28-26(35-25)14-20(34-19-8-6-7-9-19)13-22(29)18-11-23(32-4)17(3)24(12-18)33-5/h11-12,16,19-20,22,29H,6-10,13-15H2,1-5H3,(H,30,31)/t20-,22+/m1/s1. The van der Waals surface area contributed by atoms with E-state index < -0.39 is 12.1 Å². The minimum atomic E-state index is -0.872. The maximum Gasteiger partial charge on any atom is 0.309 e. The lowest BCUT2D eigenvalue weighted by molar-refractivity contribution is -0.136. The average molecular weight is 506 g/mol. The molecular formula is C27H39NO6S. The van der Waals surface area contributed by atoms with Crippen molar-refractivity contribution in [2.45, 2.75) is 90.4 Å². The van der Waals surface area contributed by atoms with Gasteiger partial charge in [-0.3, -0.25) is 4.79 Å². The summed E-state index contributed by atoms with van der Waals surface area (Å²) in [7, 11) is 3.21. The van der Waals surface area contributed by atoms with Crippen LogP contribution in [0.2, 0.25) is 0 Å². The molecule has 2 atom stereocenters. The highest BCUT2D eigenvalue weighted by molar-refractivity contribution is 7.11. The van der Waals surface area contributed by atoms with Crippen LogP contribution in [0.3, 0.4) is 0 Å². The number of aliphatic hydroxyl groups excluding tert-OH is 1. The van der Waals surface area contributed by atoms with Gasteiger partial charge >= 0.3 is 5.97 Å². The van der Waals surface area contributed by atoms with Crippen LogP contribution in [-0.2, 0) is 28.8 Å². The normalized spacial score (nSPS) is 16.0. The zero-order valence-electron chi connectivity index (χ0n) is 21.5. The lowest BCUT2D eigenvalue weighted by Crippen LogP contribution is -2.25. The highest BCUT2D eigenvalue weighted by Crippen LogP contribution is 2.35. The first kappa shape index (κ1) is 27.4. The molecule has 8 heteroatoms. The van der Waals surface area contributed by atoms with E-state index in [1.807, 2.05) is 19.1 Å². The lowest BCUT2D eigenvalue weighted by atomic mass is 9.99. The predicted molar refractivity (Wildman–Crippen MR) is 137 cm³/mol. The Morgan fingerprint density at radius 3 is 2.31 bits per heavy atom. The van der Waals surface area contributed by atoms with E-state index in [1.165, 1.54) is 0 Å². The highest BCUT2D eigenvalue weighted by atomic mass is 32.1. The van der Waals surface area contributed by atoms with E-state index in [9.17, 15) is 15.0 Å². The van der Waals surface area contributed by atoms with E-state index in [4.69, 9.17) is 19.2 Å². The van der Waals surface area contributed by atoms with E-state index in [2.05, 4.69) is 13.8 Å². The quantitative estimate of drug-likeness (QED) is 0.382. The number of aliphatic carboxylic acids is 1. The Morgan fingerprint density at radius 1 is 1.14 bits per heavy atom. The van der Waals surface area contributed by atoms with Crippen molar-refractivity contribution in [3.05, 3.63) is 38.8 Å². The Bertz CT molecular complexity index is 957. The van der Waals surface area contributed by atoms with Gasteiger partial charge in [0.15, 0.2) is 0 Å². The van der Waals surface area contributed by atoms with Crippen molar-refractivity contribution in [2.75, 3.05) is 14.2 Å². The number of nitrogens with zero attached hydrogens (tertiary/aromatic N) is 1. The van der Waals surface area contributed by atoms with Crippen molar-refractivity contribution in [3.63, 3.8) is 0 Å². The summed E-state index contributed by atoms with van der Waals surface area (Å²) in [5.41, 5.74) is 2.26. The third-order valence-electron chi connectivity index (χ3n) is 6.47. The van der Waals surface area contributed by atoms with Crippen LogP contribution in [0.15, 0.2) is 12.1 Å². The number of aromatic nitrogens is 1. The Morgan fingerprint density at radius 2 is 1.77 bits per heavy atom. The van der Waals surface area contributed by atoms with Crippen LogP contribution in [-0.4, -0.2) is 47.6 Å². The third-order valence-corrected chi connectivity index (χ3v) is 7.61. The van der Waals surface area contributed by atoms with Crippen LogP contribution in [0.25, 0.3) is 0 Å². The molecule has 2 N–H and O–H groups in total. The van der Waals surface area contributed by atoms with Gasteiger partial charge in [0.2, 0.25) is 0 Å². The van der Waals surface area contributed by atoms with Crippen LogP contribution >= 0.6 is 11.3 Å². The van der Waals surface area contributed by atoms with Gasteiger partial charge in [0.25, 0.3) is 0 Å². The van der Waals surface area contributed by atoms with E-state index in [-0.39, 0.29) is 18.6 Å². The molecule has 194 valence electrons. The second-order valence-electron chi connectivity index (χ2n) is 9.82. The first-order chi connectivity index (χ1) is 16.7. The molecule has 1 saturated carbocycles. The van der Waals surface area contributed by atoms with Gasteiger partial charge in [-0.05, 0) is 49.8 Å². The number of carbonyl (C=O) groups is 1. The molecule has 35 heavy (non-hydrogen) atoms. The zero-order valence-corrected chi connectivity index (χ0v) is 22.3. The minimum absolute atomic E-state index is 0.0711. The second-order valence-corrected chi connectivity index (χ2v) is 11.0. The number of hydrogen-bond donors (Lipinski definition) is 2. The van der Waals surface area contributed by atoms with Crippen LogP contribution in [0.4, 0.5) is 0 Å². The van der Waals surface area contributed by atoms with Crippen molar-refractivity contribution in [1.82, 2.24) is 4.98 Å². The fraction of sp³-hybridized carbons (Fsp3) is 0.630. The van der Waals surface area contributed by atoms with Crippen LogP contribution < -0.4 is 9.47 Å². The van der Waals surface area contributed by atoms with Crippen molar-refractivity contribution in [2.24, 2.45) is 5.92 Å². The second kappa shape index (κ2) is 12.7. The Hall–Kier alpha value is -2.16. The molecule has 0 amide bonds. The van der Waals surface area contributed by atoms with Gasteiger partial charge in [-0.2, -0.15) is 0 Å². The molecule has 1 aromatic carbocycles. The molecule has 1 aliphatic carbocycles. The molecule has 7 nitrogen and oxygen atoms in total. The summed E-state index contributed by atoms with van der Waals surface area (Å²) in [6.07, 6.45) is 5.23. The van der Waals surface area contributed by atoms with E-state index in [0.717, 1.165) is 53.1 Å². The molecule has 1 aliphatic rings. The first-order valence-electron chi connectivity index (χ1n) is 12.4. The summed E-state index contributed by atoms with van der Waals surface area (Å²) >= 11 is 1.58. The van der Waals surface area contributed by atoms with Gasteiger partial charge in [-0.1, -0.05) is 26.7 Å². The first-order valence-corrected chi connectivity index (χ1v) is 13.3. The summed E-state index contributed by atoms with van der Waals surface area (Å²) in [5, 5.41) is 21.4. The van der Waals surface area contributed by atoms with Crippen molar-refractivity contribution >= 4 is 17.3 Å². The fourth-order valence-electron chi connectivity index (χ4n) is 4.70. The van der Waals surface area contributed by atoms with Crippen molar-refractivity contribution in [1.29, 1.82) is 0 Å². The van der Waals surface area contributed by atoms with Gasteiger partial charge in [0.05, 0.1) is 49.7 Å². The smallest absolute Gasteiger partial charge is 0.309 e. The maximum atomic E-state index is 11.4. The summed E-state index contributed by atoms with van der Waals surface area (Å²) in [5.74, 6) is 0.879. The summed E-state index contributed by atoms with van der Waals surface area (Å²) in [6.45, 7) is 6.17. The average Bonchev–Trinajstić information content (AvgIpc) is 3.43. The third kappa shape index (κ3) is 7.66. The molecular weight excluding hydrogens is 466 g/mol. The number of carboxylic acids is 1. The number of thiazole rings is 1. The van der Waals surface area contributed by atoms with Crippen LogP contribution in [0, 0.1) is 12.8 Å². The minimum Gasteiger partial charge on any atom is -0.496 e. The molecule has 3 rings (SSSR count). The SMILES string of the molecule is COc1cc([C@@H](O)C[C@H](Cc2nc(CC(=O)O)c(CC(C)C)s2)OC2CCCC2)cc(OC)c1C. The molecule has 0 bridgehead atoms. The monoisotopic (exact) mass is 505 g/mol. The number of methoxy groups -OCH3 is 2.